The predicted octanol–water partition coefficient (Wildman–Crippen LogP) is 0.985. The van der Waals surface area contributed by atoms with E-state index in [0.29, 0.717) is 29.6 Å². The summed E-state index contributed by atoms with van der Waals surface area (Å²) in [4.78, 5) is 32.8. The highest BCUT2D eigenvalue weighted by molar-refractivity contribution is 7.99. The summed E-state index contributed by atoms with van der Waals surface area (Å²) in [6, 6.07) is 5.58. The number of rotatable bonds is 3. The van der Waals surface area contributed by atoms with Crippen molar-refractivity contribution >= 4 is 17.7 Å². The molecule has 0 fully saturated rings. The Morgan fingerprint density at radius 2 is 2.32 bits per heavy atom. The normalized spacial score (nSPS) is 16.9. The Labute approximate surface area is 132 Å². The summed E-state index contributed by atoms with van der Waals surface area (Å²) < 4.78 is 1.59. The van der Waals surface area contributed by atoms with Gasteiger partial charge in [0.05, 0.1) is 18.2 Å². The second kappa shape index (κ2) is 6.31. The monoisotopic (exact) mass is 316 g/mol. The van der Waals surface area contributed by atoms with E-state index in [-0.39, 0.29) is 17.4 Å². The molecule has 2 aromatic heterocycles. The van der Waals surface area contributed by atoms with Crippen molar-refractivity contribution in [2.75, 3.05) is 5.75 Å². The zero-order chi connectivity index (χ0) is 15.5. The fraction of sp³-hybridized carbons (Fsp3) is 0.333. The second-order valence-corrected chi connectivity index (χ2v) is 6.17. The Morgan fingerprint density at radius 1 is 1.45 bits per heavy atom. The summed E-state index contributed by atoms with van der Waals surface area (Å²) in [7, 11) is 0. The van der Waals surface area contributed by atoms with Gasteiger partial charge < -0.3 is 5.32 Å². The third-order valence-corrected chi connectivity index (χ3v) is 4.69. The molecule has 1 aliphatic rings. The largest absolute Gasteiger partial charge is 0.350 e. The molecule has 3 heterocycles. The molecule has 3 rings (SSSR count). The molecule has 22 heavy (non-hydrogen) atoms. The van der Waals surface area contributed by atoms with Crippen molar-refractivity contribution in [1.82, 2.24) is 19.9 Å². The summed E-state index contributed by atoms with van der Waals surface area (Å²) in [6.45, 7) is 2.51. The predicted molar refractivity (Wildman–Crippen MR) is 83.5 cm³/mol. The summed E-state index contributed by atoms with van der Waals surface area (Å²) in [5.41, 5.74) is 1.34. The molecule has 1 N–H and O–H groups in total. The highest BCUT2D eigenvalue weighted by Crippen LogP contribution is 2.24. The molecule has 1 aliphatic heterocycles. The standard InChI is InChI=1S/C15H16N4O2S/c1-10-6-18-15-19(14(10)21)8-11(9-22-15)13(20)17-7-12-4-2-3-5-16-12/h2-6,11H,7-9H2,1H3,(H,17,20)/t11-/m1/s1. The van der Waals surface area contributed by atoms with Crippen LogP contribution in [-0.4, -0.2) is 26.2 Å². The Morgan fingerprint density at radius 3 is 3.09 bits per heavy atom. The van der Waals surface area contributed by atoms with Crippen molar-refractivity contribution in [2.24, 2.45) is 5.92 Å². The summed E-state index contributed by atoms with van der Waals surface area (Å²) in [5, 5.41) is 3.57. The Kier molecular flexibility index (Phi) is 4.24. The number of hydrogen-bond acceptors (Lipinski definition) is 5. The van der Waals surface area contributed by atoms with E-state index in [0.717, 1.165) is 5.69 Å². The fourth-order valence-corrected chi connectivity index (χ4v) is 3.33. The zero-order valence-electron chi connectivity index (χ0n) is 12.2. The Hall–Kier alpha value is -2.15. The number of aromatic nitrogens is 3. The molecule has 1 atom stereocenters. The number of carbonyl (C=O) groups is 1. The highest BCUT2D eigenvalue weighted by atomic mass is 32.2. The van der Waals surface area contributed by atoms with Crippen LogP contribution in [0.3, 0.4) is 0 Å². The number of nitrogens with zero attached hydrogens (tertiary/aromatic N) is 3. The zero-order valence-corrected chi connectivity index (χ0v) is 13.0. The topological polar surface area (TPSA) is 76.9 Å². The maximum atomic E-state index is 12.3. The first-order valence-corrected chi connectivity index (χ1v) is 8.00. The number of thioether (sulfide) groups is 1. The lowest BCUT2D eigenvalue weighted by atomic mass is 10.1. The van der Waals surface area contributed by atoms with E-state index in [9.17, 15) is 9.59 Å². The third kappa shape index (κ3) is 3.04. The fourth-order valence-electron chi connectivity index (χ4n) is 2.28. The second-order valence-electron chi connectivity index (χ2n) is 5.19. The van der Waals surface area contributed by atoms with Crippen LogP contribution in [0.5, 0.6) is 0 Å². The Bertz CT molecular complexity index is 745. The van der Waals surface area contributed by atoms with Gasteiger partial charge in [-0.05, 0) is 19.1 Å². The Balaban J connectivity index is 1.68. The number of pyridine rings is 1. The molecule has 1 amide bonds. The molecule has 0 spiro atoms. The molecule has 0 saturated carbocycles. The first-order chi connectivity index (χ1) is 10.6. The number of hydrogen-bond donors (Lipinski definition) is 1. The van der Waals surface area contributed by atoms with Crippen molar-refractivity contribution in [3.8, 4) is 0 Å². The number of nitrogens with one attached hydrogen (secondary N) is 1. The number of amides is 1. The van der Waals surface area contributed by atoms with Crippen molar-refractivity contribution in [1.29, 1.82) is 0 Å². The molecule has 2 aromatic rings. The summed E-state index contributed by atoms with van der Waals surface area (Å²) >= 11 is 1.45. The van der Waals surface area contributed by atoms with E-state index < -0.39 is 0 Å². The quantitative estimate of drug-likeness (QED) is 0.854. The van der Waals surface area contributed by atoms with Gasteiger partial charge in [0, 0.05) is 30.3 Å². The van der Waals surface area contributed by atoms with Gasteiger partial charge in [0.25, 0.3) is 5.56 Å². The van der Waals surface area contributed by atoms with Gasteiger partial charge in [-0.2, -0.15) is 0 Å². The number of carbonyl (C=O) groups excluding carboxylic acids is 1. The van der Waals surface area contributed by atoms with Gasteiger partial charge in [-0.1, -0.05) is 17.8 Å². The van der Waals surface area contributed by atoms with Crippen LogP contribution in [-0.2, 0) is 17.9 Å². The lowest BCUT2D eigenvalue weighted by Gasteiger charge is -2.24. The first-order valence-electron chi connectivity index (χ1n) is 7.02. The van der Waals surface area contributed by atoms with Gasteiger partial charge in [0.1, 0.15) is 0 Å². The molecule has 0 aliphatic carbocycles. The van der Waals surface area contributed by atoms with Crippen molar-refractivity contribution < 1.29 is 4.79 Å². The smallest absolute Gasteiger partial charge is 0.257 e. The van der Waals surface area contributed by atoms with E-state index in [4.69, 9.17) is 0 Å². The molecular weight excluding hydrogens is 300 g/mol. The average molecular weight is 316 g/mol. The van der Waals surface area contributed by atoms with Crippen molar-refractivity contribution in [3.63, 3.8) is 0 Å². The van der Waals surface area contributed by atoms with E-state index in [1.807, 2.05) is 18.2 Å². The molecular formula is C15H16N4O2S. The third-order valence-electron chi connectivity index (χ3n) is 3.54. The van der Waals surface area contributed by atoms with Crippen LogP contribution >= 0.6 is 11.8 Å². The number of aryl methyl sites for hydroxylation is 1. The van der Waals surface area contributed by atoms with Crippen molar-refractivity contribution in [3.05, 3.63) is 52.2 Å². The van der Waals surface area contributed by atoms with Gasteiger partial charge in [-0.15, -0.1) is 0 Å². The average Bonchev–Trinajstić information content (AvgIpc) is 2.57. The van der Waals surface area contributed by atoms with Gasteiger partial charge in [0.15, 0.2) is 5.16 Å². The minimum atomic E-state index is -0.234. The van der Waals surface area contributed by atoms with Gasteiger partial charge in [0.2, 0.25) is 5.91 Å². The molecule has 0 unspecified atom stereocenters. The van der Waals surface area contributed by atoms with Gasteiger partial charge >= 0.3 is 0 Å². The van der Waals surface area contributed by atoms with Crippen LogP contribution in [0.15, 0.2) is 40.5 Å². The van der Waals surface area contributed by atoms with Crippen LogP contribution in [0.2, 0.25) is 0 Å². The molecule has 6 nitrogen and oxygen atoms in total. The van der Waals surface area contributed by atoms with Crippen LogP contribution in [0, 0.1) is 12.8 Å². The minimum Gasteiger partial charge on any atom is -0.350 e. The van der Waals surface area contributed by atoms with Crippen LogP contribution in [0.4, 0.5) is 0 Å². The molecule has 0 bridgehead atoms. The first kappa shape index (κ1) is 14.8. The minimum absolute atomic E-state index is 0.0581. The van der Waals surface area contributed by atoms with Gasteiger partial charge in [-0.3, -0.25) is 19.1 Å². The van der Waals surface area contributed by atoms with E-state index in [1.165, 1.54) is 11.8 Å². The SMILES string of the molecule is Cc1cnc2n(c1=O)C[C@@H](C(=O)NCc1ccccn1)CS2. The van der Waals surface area contributed by atoms with Crippen molar-refractivity contribution in [2.45, 2.75) is 25.2 Å². The molecule has 0 aromatic carbocycles. The van der Waals surface area contributed by atoms with Gasteiger partial charge in [-0.25, -0.2) is 4.98 Å². The lowest BCUT2D eigenvalue weighted by molar-refractivity contribution is -0.125. The maximum absolute atomic E-state index is 12.3. The van der Waals surface area contributed by atoms with Crippen LogP contribution in [0.1, 0.15) is 11.3 Å². The molecule has 7 heteroatoms. The highest BCUT2D eigenvalue weighted by Gasteiger charge is 2.26. The maximum Gasteiger partial charge on any atom is 0.257 e. The lowest BCUT2D eigenvalue weighted by Crippen LogP contribution is -2.40. The number of fused-ring (bicyclic) bond motifs is 1. The summed E-state index contributed by atoms with van der Waals surface area (Å²) in [6.07, 6.45) is 3.28. The summed E-state index contributed by atoms with van der Waals surface area (Å²) in [5.74, 6) is 0.337. The molecule has 0 radical (unpaired) electrons. The molecule has 0 saturated heterocycles. The van der Waals surface area contributed by atoms with E-state index in [2.05, 4.69) is 15.3 Å². The van der Waals surface area contributed by atoms with Crippen LogP contribution in [0.25, 0.3) is 0 Å². The van der Waals surface area contributed by atoms with E-state index in [1.54, 1.807) is 23.9 Å². The molecule has 114 valence electrons. The van der Waals surface area contributed by atoms with E-state index >= 15 is 0 Å². The van der Waals surface area contributed by atoms with Crippen LogP contribution < -0.4 is 10.9 Å².